The molecule has 3 nitrogen and oxygen atoms in total. The van der Waals surface area contributed by atoms with Crippen LogP contribution in [-0.4, -0.2) is 25.1 Å². The third kappa shape index (κ3) is 4.23. The molecule has 2 aromatic rings. The Morgan fingerprint density at radius 3 is 2.67 bits per heavy atom. The first kappa shape index (κ1) is 15.9. The number of likely N-dealkylation sites (N-methyl/N-ethyl adjacent to an activating group) is 1. The molecule has 0 aliphatic heterocycles. The fraction of sp³-hybridized carbons (Fsp3) is 0.333. The van der Waals surface area contributed by atoms with E-state index in [1.165, 1.54) is 5.56 Å². The summed E-state index contributed by atoms with van der Waals surface area (Å²) in [6, 6.07) is 8.65. The molecule has 1 aromatic heterocycles. The van der Waals surface area contributed by atoms with E-state index in [-0.39, 0.29) is 11.8 Å². The molecule has 1 unspecified atom stereocenters. The van der Waals surface area contributed by atoms with Crippen molar-refractivity contribution >= 4 is 11.3 Å². The molecule has 0 fully saturated rings. The second kappa shape index (κ2) is 7.49. The fourth-order valence-electron chi connectivity index (χ4n) is 2.28. The first-order valence-corrected chi connectivity index (χ1v) is 7.51. The van der Waals surface area contributed by atoms with Crippen LogP contribution in [0.1, 0.15) is 17.2 Å². The highest BCUT2D eigenvalue weighted by atomic mass is 32.1. The lowest BCUT2D eigenvalue weighted by Gasteiger charge is -2.28. The van der Waals surface area contributed by atoms with Crippen LogP contribution in [0.15, 0.2) is 41.1 Å². The van der Waals surface area contributed by atoms with Crippen LogP contribution < -0.4 is 10.5 Å². The summed E-state index contributed by atoms with van der Waals surface area (Å²) >= 11 is 1.63. The van der Waals surface area contributed by atoms with E-state index in [1.54, 1.807) is 35.6 Å². The lowest BCUT2D eigenvalue weighted by atomic mass is 10.0. The van der Waals surface area contributed by atoms with Gasteiger partial charge in [0.1, 0.15) is 5.75 Å². The lowest BCUT2D eigenvalue weighted by molar-refractivity contribution is -0.0511. The Kier molecular flexibility index (Phi) is 5.67. The van der Waals surface area contributed by atoms with Crippen LogP contribution in [0.5, 0.6) is 5.75 Å². The maximum absolute atomic E-state index is 12.5. The predicted octanol–water partition coefficient (Wildman–Crippen LogP) is 3.48. The number of hydrogen-bond acceptors (Lipinski definition) is 4. The number of nitrogens with two attached hydrogens (primary N) is 1. The van der Waals surface area contributed by atoms with E-state index in [9.17, 15) is 8.78 Å². The van der Waals surface area contributed by atoms with Gasteiger partial charge in [0.25, 0.3) is 0 Å². The third-order valence-electron chi connectivity index (χ3n) is 3.26. The van der Waals surface area contributed by atoms with Crippen LogP contribution in [0.4, 0.5) is 8.78 Å². The Balaban J connectivity index is 2.20. The third-order valence-corrected chi connectivity index (χ3v) is 3.99. The van der Waals surface area contributed by atoms with Crippen molar-refractivity contribution in [3.63, 3.8) is 0 Å². The largest absolute Gasteiger partial charge is 0.434 e. The standard InChI is InChI=1S/C15H18F2N2OS/c1-19(9-11-6-7-21-10-11)13(8-18)12-4-2-3-5-14(12)20-15(16)17/h2-7,10,13,15H,8-9,18H2,1H3. The van der Waals surface area contributed by atoms with Crippen molar-refractivity contribution in [3.05, 3.63) is 52.2 Å². The summed E-state index contributed by atoms with van der Waals surface area (Å²) < 4.78 is 29.6. The van der Waals surface area contributed by atoms with Gasteiger partial charge in [0, 0.05) is 18.7 Å². The van der Waals surface area contributed by atoms with Crippen LogP contribution in [0.25, 0.3) is 0 Å². The zero-order valence-corrected chi connectivity index (χ0v) is 12.5. The zero-order chi connectivity index (χ0) is 15.2. The van der Waals surface area contributed by atoms with Crippen LogP contribution in [-0.2, 0) is 6.54 Å². The van der Waals surface area contributed by atoms with Gasteiger partial charge >= 0.3 is 6.61 Å². The normalized spacial score (nSPS) is 12.9. The molecule has 0 aliphatic rings. The monoisotopic (exact) mass is 312 g/mol. The van der Waals surface area contributed by atoms with Crippen LogP contribution in [0.3, 0.4) is 0 Å². The Labute approximate surface area is 126 Å². The molecule has 1 heterocycles. The van der Waals surface area contributed by atoms with Crippen LogP contribution >= 0.6 is 11.3 Å². The van der Waals surface area contributed by atoms with Crippen molar-refractivity contribution in [3.8, 4) is 5.75 Å². The van der Waals surface area contributed by atoms with E-state index in [0.717, 1.165) is 0 Å². The molecule has 0 aliphatic carbocycles. The van der Waals surface area contributed by atoms with Gasteiger partial charge in [-0.2, -0.15) is 20.1 Å². The number of halogens is 2. The average Bonchev–Trinajstić information content (AvgIpc) is 2.93. The Bertz CT molecular complexity index is 548. The van der Waals surface area contributed by atoms with Gasteiger partial charge in [-0.1, -0.05) is 18.2 Å². The molecule has 1 atom stereocenters. The summed E-state index contributed by atoms with van der Waals surface area (Å²) in [6.07, 6.45) is 0. The summed E-state index contributed by atoms with van der Waals surface area (Å²) in [4.78, 5) is 2.04. The number of alkyl halides is 2. The number of ether oxygens (including phenoxy) is 1. The fourth-order valence-corrected chi connectivity index (χ4v) is 2.94. The summed E-state index contributed by atoms with van der Waals surface area (Å²) in [6.45, 7) is -1.81. The molecular weight excluding hydrogens is 294 g/mol. The van der Waals surface area contributed by atoms with Gasteiger partial charge in [-0.25, -0.2) is 0 Å². The molecule has 0 radical (unpaired) electrons. The Morgan fingerprint density at radius 1 is 1.29 bits per heavy atom. The van der Waals surface area contributed by atoms with E-state index >= 15 is 0 Å². The van der Waals surface area contributed by atoms with E-state index in [2.05, 4.69) is 10.1 Å². The molecule has 1 aromatic carbocycles. The van der Waals surface area contributed by atoms with E-state index in [1.807, 2.05) is 23.4 Å². The summed E-state index contributed by atoms with van der Waals surface area (Å²) in [5.41, 5.74) is 7.71. The number of nitrogens with zero attached hydrogens (tertiary/aromatic N) is 1. The first-order valence-electron chi connectivity index (χ1n) is 6.57. The van der Waals surface area contributed by atoms with E-state index < -0.39 is 6.61 Å². The van der Waals surface area contributed by atoms with Crippen LogP contribution in [0, 0.1) is 0 Å². The maximum Gasteiger partial charge on any atom is 0.387 e. The van der Waals surface area contributed by atoms with Crippen molar-refractivity contribution in [2.45, 2.75) is 19.2 Å². The molecule has 0 amide bonds. The van der Waals surface area contributed by atoms with Crippen molar-refractivity contribution in [2.24, 2.45) is 5.73 Å². The van der Waals surface area contributed by atoms with Gasteiger partial charge in [0.2, 0.25) is 0 Å². The Morgan fingerprint density at radius 2 is 2.05 bits per heavy atom. The van der Waals surface area contributed by atoms with Gasteiger partial charge in [-0.3, -0.25) is 4.90 Å². The van der Waals surface area contributed by atoms with Crippen molar-refractivity contribution in [1.82, 2.24) is 4.90 Å². The molecule has 0 saturated heterocycles. The van der Waals surface area contributed by atoms with Crippen molar-refractivity contribution in [2.75, 3.05) is 13.6 Å². The second-order valence-electron chi connectivity index (χ2n) is 4.71. The molecule has 21 heavy (non-hydrogen) atoms. The Hall–Kier alpha value is -1.50. The minimum atomic E-state index is -2.84. The SMILES string of the molecule is CN(Cc1ccsc1)C(CN)c1ccccc1OC(F)F. The second-order valence-corrected chi connectivity index (χ2v) is 5.49. The minimum Gasteiger partial charge on any atom is -0.434 e. The highest BCUT2D eigenvalue weighted by molar-refractivity contribution is 7.07. The highest BCUT2D eigenvalue weighted by Crippen LogP contribution is 2.30. The van der Waals surface area contributed by atoms with Gasteiger partial charge in [-0.15, -0.1) is 0 Å². The summed E-state index contributed by atoms with van der Waals surface area (Å²) in [7, 11) is 1.92. The molecule has 114 valence electrons. The molecule has 6 heteroatoms. The molecule has 0 saturated carbocycles. The highest BCUT2D eigenvalue weighted by Gasteiger charge is 2.21. The average molecular weight is 312 g/mol. The van der Waals surface area contributed by atoms with E-state index in [4.69, 9.17) is 5.73 Å². The van der Waals surface area contributed by atoms with Crippen molar-refractivity contribution in [1.29, 1.82) is 0 Å². The number of rotatable bonds is 7. The first-order chi connectivity index (χ1) is 10.1. The quantitative estimate of drug-likeness (QED) is 0.850. The van der Waals surface area contributed by atoms with Gasteiger partial charge in [0.05, 0.1) is 6.04 Å². The molecular formula is C15H18F2N2OS. The topological polar surface area (TPSA) is 38.5 Å². The zero-order valence-electron chi connectivity index (χ0n) is 11.7. The number of benzene rings is 1. The summed E-state index contributed by atoms with van der Waals surface area (Å²) in [5.74, 6) is 0.181. The number of hydrogen-bond donors (Lipinski definition) is 1. The van der Waals surface area contributed by atoms with E-state index in [0.29, 0.717) is 18.7 Å². The molecule has 0 spiro atoms. The maximum atomic E-state index is 12.5. The molecule has 2 N–H and O–H groups in total. The van der Waals surface area contributed by atoms with Crippen molar-refractivity contribution < 1.29 is 13.5 Å². The molecule has 0 bridgehead atoms. The lowest BCUT2D eigenvalue weighted by Crippen LogP contribution is -2.30. The summed E-state index contributed by atoms with van der Waals surface area (Å²) in [5, 5.41) is 4.07. The predicted molar refractivity (Wildman–Crippen MR) is 80.7 cm³/mol. The van der Waals surface area contributed by atoms with Gasteiger partial charge < -0.3 is 10.5 Å². The molecule has 2 rings (SSSR count). The van der Waals surface area contributed by atoms with Gasteiger partial charge in [0.15, 0.2) is 0 Å². The smallest absolute Gasteiger partial charge is 0.387 e. The number of para-hydroxylation sites is 1. The minimum absolute atomic E-state index is 0.181. The number of thiophene rings is 1. The van der Waals surface area contributed by atoms with Gasteiger partial charge in [-0.05, 0) is 35.5 Å². The van der Waals surface area contributed by atoms with Crippen LogP contribution in [0.2, 0.25) is 0 Å².